The summed E-state index contributed by atoms with van der Waals surface area (Å²) in [6, 6.07) is 15.5. The van der Waals surface area contributed by atoms with E-state index < -0.39 is 0 Å². The van der Waals surface area contributed by atoms with Crippen LogP contribution >= 0.6 is 0 Å². The number of anilines is 1. The maximum atomic E-state index is 12.9. The Bertz CT molecular complexity index is 697. The normalized spacial score (nSPS) is 17.2. The van der Waals surface area contributed by atoms with Gasteiger partial charge >= 0.3 is 0 Å². The number of nitrogens with one attached hydrogen (secondary N) is 1. The Labute approximate surface area is 130 Å². The molecule has 1 amide bonds. The number of nitrogens with zero attached hydrogens (tertiary/aromatic N) is 1. The molecule has 1 aliphatic heterocycles. The van der Waals surface area contributed by atoms with Crippen LogP contribution in [-0.4, -0.2) is 24.0 Å². The van der Waals surface area contributed by atoms with Crippen LogP contribution < -0.4 is 10.1 Å². The van der Waals surface area contributed by atoms with Gasteiger partial charge in [-0.25, -0.2) is 0 Å². The first-order valence-electron chi connectivity index (χ1n) is 7.44. The first-order valence-corrected chi connectivity index (χ1v) is 7.44. The molecule has 1 heterocycles. The Morgan fingerprint density at radius 3 is 2.50 bits per heavy atom. The third-order valence-electron chi connectivity index (χ3n) is 3.95. The second-order valence-corrected chi connectivity index (χ2v) is 5.64. The van der Waals surface area contributed by atoms with Crippen LogP contribution in [0, 0.1) is 0 Å². The van der Waals surface area contributed by atoms with Gasteiger partial charge in [0.05, 0.1) is 12.7 Å². The van der Waals surface area contributed by atoms with Gasteiger partial charge in [-0.15, -0.1) is 0 Å². The van der Waals surface area contributed by atoms with E-state index in [0.29, 0.717) is 5.56 Å². The van der Waals surface area contributed by atoms with E-state index in [9.17, 15) is 4.79 Å². The fourth-order valence-corrected chi connectivity index (χ4v) is 2.92. The molecule has 1 N–H and O–H groups in total. The number of rotatable bonds is 3. The lowest BCUT2D eigenvalue weighted by molar-refractivity contribution is 0.0614. The summed E-state index contributed by atoms with van der Waals surface area (Å²) < 4.78 is 5.47. The molecule has 0 fully saturated rings. The molecule has 0 aliphatic carbocycles. The van der Waals surface area contributed by atoms with E-state index in [-0.39, 0.29) is 18.1 Å². The molecule has 2 aromatic carbocycles. The molecule has 4 heteroatoms. The molecule has 1 aliphatic rings. The SMILES string of the molecule is COc1ccccc1[C@H]1Nc2ccccc2C(=O)N1C(C)C. The van der Waals surface area contributed by atoms with Crippen molar-refractivity contribution in [3.63, 3.8) is 0 Å². The van der Waals surface area contributed by atoms with Gasteiger partial charge in [0.25, 0.3) is 5.91 Å². The monoisotopic (exact) mass is 296 g/mol. The number of hydrogen-bond donors (Lipinski definition) is 1. The Balaban J connectivity index is 2.12. The quantitative estimate of drug-likeness (QED) is 0.939. The molecular weight excluding hydrogens is 276 g/mol. The van der Waals surface area contributed by atoms with E-state index in [4.69, 9.17) is 4.74 Å². The van der Waals surface area contributed by atoms with Gasteiger partial charge in [0.2, 0.25) is 0 Å². The summed E-state index contributed by atoms with van der Waals surface area (Å²) in [5, 5.41) is 3.47. The van der Waals surface area contributed by atoms with Crippen molar-refractivity contribution in [2.24, 2.45) is 0 Å². The molecule has 0 saturated heterocycles. The number of methoxy groups -OCH3 is 1. The maximum Gasteiger partial charge on any atom is 0.258 e. The van der Waals surface area contributed by atoms with E-state index >= 15 is 0 Å². The minimum atomic E-state index is -0.237. The summed E-state index contributed by atoms with van der Waals surface area (Å²) in [7, 11) is 1.65. The lowest BCUT2D eigenvalue weighted by atomic mass is 10.0. The van der Waals surface area contributed by atoms with Crippen molar-refractivity contribution in [3.05, 3.63) is 59.7 Å². The molecule has 0 unspecified atom stereocenters. The van der Waals surface area contributed by atoms with Gasteiger partial charge in [0.15, 0.2) is 0 Å². The summed E-state index contributed by atoms with van der Waals surface area (Å²) in [5.74, 6) is 0.818. The highest BCUT2D eigenvalue weighted by Gasteiger charge is 2.35. The summed E-state index contributed by atoms with van der Waals surface area (Å²) in [6.45, 7) is 4.05. The third-order valence-corrected chi connectivity index (χ3v) is 3.95. The number of benzene rings is 2. The third kappa shape index (κ3) is 2.30. The first kappa shape index (κ1) is 14.4. The Morgan fingerprint density at radius 1 is 1.09 bits per heavy atom. The van der Waals surface area contributed by atoms with E-state index in [1.54, 1.807) is 7.11 Å². The molecule has 3 rings (SSSR count). The van der Waals surface area contributed by atoms with Crippen LogP contribution in [0.25, 0.3) is 0 Å². The van der Waals surface area contributed by atoms with Gasteiger partial charge in [0.1, 0.15) is 11.9 Å². The standard InChI is InChI=1S/C18H20N2O2/c1-12(2)20-17(14-9-5-7-11-16(14)22-3)19-15-10-6-4-8-13(15)18(20)21/h4-12,17,19H,1-3H3/t17-/m0/s1. The van der Waals surface area contributed by atoms with Crippen LogP contribution in [0.1, 0.15) is 35.9 Å². The molecule has 0 bridgehead atoms. The van der Waals surface area contributed by atoms with Crippen molar-refractivity contribution in [1.82, 2.24) is 4.90 Å². The van der Waals surface area contributed by atoms with Crippen LogP contribution in [0.4, 0.5) is 5.69 Å². The lowest BCUT2D eigenvalue weighted by Gasteiger charge is -2.41. The number of fused-ring (bicyclic) bond motifs is 1. The lowest BCUT2D eigenvalue weighted by Crippen LogP contribution is -2.46. The largest absolute Gasteiger partial charge is 0.496 e. The Hall–Kier alpha value is -2.49. The van der Waals surface area contributed by atoms with E-state index in [1.165, 1.54) is 0 Å². The zero-order chi connectivity index (χ0) is 15.7. The summed E-state index contributed by atoms with van der Waals surface area (Å²) in [5.41, 5.74) is 2.53. The number of para-hydroxylation sites is 2. The van der Waals surface area contributed by atoms with Crippen molar-refractivity contribution in [1.29, 1.82) is 0 Å². The molecule has 1 atom stereocenters. The van der Waals surface area contributed by atoms with Crippen LogP contribution in [0.5, 0.6) is 5.75 Å². The molecule has 0 saturated carbocycles. The molecular formula is C18H20N2O2. The number of ether oxygens (including phenoxy) is 1. The Kier molecular flexibility index (Phi) is 3.75. The fraction of sp³-hybridized carbons (Fsp3) is 0.278. The number of hydrogen-bond acceptors (Lipinski definition) is 3. The van der Waals surface area contributed by atoms with Crippen molar-refractivity contribution < 1.29 is 9.53 Å². The van der Waals surface area contributed by atoms with E-state index in [0.717, 1.165) is 17.0 Å². The van der Waals surface area contributed by atoms with Crippen molar-refractivity contribution in [2.75, 3.05) is 12.4 Å². The highest BCUT2D eigenvalue weighted by Crippen LogP contribution is 2.37. The molecule has 0 spiro atoms. The second kappa shape index (κ2) is 5.72. The second-order valence-electron chi connectivity index (χ2n) is 5.64. The van der Waals surface area contributed by atoms with Crippen molar-refractivity contribution in [2.45, 2.75) is 26.1 Å². The minimum Gasteiger partial charge on any atom is -0.496 e. The highest BCUT2D eigenvalue weighted by atomic mass is 16.5. The summed E-state index contributed by atoms with van der Waals surface area (Å²) in [4.78, 5) is 14.7. The van der Waals surface area contributed by atoms with Gasteiger partial charge in [-0.3, -0.25) is 4.79 Å². The average Bonchev–Trinajstić information content (AvgIpc) is 2.54. The first-order chi connectivity index (χ1) is 10.6. The Morgan fingerprint density at radius 2 is 1.77 bits per heavy atom. The minimum absolute atomic E-state index is 0.0419. The molecule has 114 valence electrons. The molecule has 2 aromatic rings. The number of carbonyl (C=O) groups is 1. The van der Waals surface area contributed by atoms with Crippen molar-refractivity contribution >= 4 is 11.6 Å². The topological polar surface area (TPSA) is 41.6 Å². The molecule has 4 nitrogen and oxygen atoms in total. The van der Waals surface area contributed by atoms with Gasteiger partial charge in [0, 0.05) is 17.3 Å². The molecule has 0 aromatic heterocycles. The predicted octanol–water partition coefficient (Wildman–Crippen LogP) is 3.67. The van der Waals surface area contributed by atoms with Gasteiger partial charge < -0.3 is 15.0 Å². The maximum absolute atomic E-state index is 12.9. The molecule has 0 radical (unpaired) electrons. The van der Waals surface area contributed by atoms with Crippen LogP contribution in [0.15, 0.2) is 48.5 Å². The zero-order valence-corrected chi connectivity index (χ0v) is 13.0. The van der Waals surface area contributed by atoms with Gasteiger partial charge in [-0.2, -0.15) is 0 Å². The average molecular weight is 296 g/mol. The number of carbonyl (C=O) groups excluding carboxylic acids is 1. The smallest absolute Gasteiger partial charge is 0.258 e. The van der Waals surface area contributed by atoms with Crippen LogP contribution in [-0.2, 0) is 0 Å². The van der Waals surface area contributed by atoms with Gasteiger partial charge in [-0.05, 0) is 32.0 Å². The summed E-state index contributed by atoms with van der Waals surface area (Å²) in [6.07, 6.45) is -0.237. The predicted molar refractivity (Wildman–Crippen MR) is 87.1 cm³/mol. The van der Waals surface area contributed by atoms with Gasteiger partial charge in [-0.1, -0.05) is 30.3 Å². The molecule has 22 heavy (non-hydrogen) atoms. The fourth-order valence-electron chi connectivity index (χ4n) is 2.92. The van der Waals surface area contributed by atoms with E-state index in [1.807, 2.05) is 67.3 Å². The summed E-state index contributed by atoms with van der Waals surface area (Å²) >= 11 is 0. The zero-order valence-electron chi connectivity index (χ0n) is 13.0. The van der Waals surface area contributed by atoms with E-state index in [2.05, 4.69) is 5.32 Å². The van der Waals surface area contributed by atoms with Crippen LogP contribution in [0.2, 0.25) is 0 Å². The number of amides is 1. The highest BCUT2D eigenvalue weighted by molar-refractivity contribution is 6.01. The van der Waals surface area contributed by atoms with Crippen LogP contribution in [0.3, 0.4) is 0 Å². The van der Waals surface area contributed by atoms with Crippen molar-refractivity contribution in [3.8, 4) is 5.75 Å².